The van der Waals surface area contributed by atoms with Gasteiger partial charge in [-0.1, -0.05) is 0 Å². The number of rotatable bonds is 4. The van der Waals surface area contributed by atoms with Gasteiger partial charge in [0.05, 0.1) is 18.9 Å². The first-order valence-corrected chi connectivity index (χ1v) is 7.64. The van der Waals surface area contributed by atoms with E-state index in [9.17, 15) is 4.79 Å². The van der Waals surface area contributed by atoms with Crippen molar-refractivity contribution in [1.82, 2.24) is 10.3 Å². The van der Waals surface area contributed by atoms with Crippen LogP contribution in [0.25, 0.3) is 0 Å². The Kier molecular flexibility index (Phi) is 8.62. The lowest BCUT2D eigenvalue weighted by Crippen LogP contribution is -2.37. The number of anilines is 2. The van der Waals surface area contributed by atoms with Crippen molar-refractivity contribution < 1.29 is 9.53 Å². The second-order valence-electron chi connectivity index (χ2n) is 5.52. The van der Waals surface area contributed by atoms with Gasteiger partial charge in [0.25, 0.3) is 0 Å². The quantitative estimate of drug-likeness (QED) is 0.855. The Hall–Kier alpha value is -1.08. The molecule has 0 aromatic carbocycles. The monoisotopic (exact) mass is 362 g/mol. The van der Waals surface area contributed by atoms with Crippen molar-refractivity contribution >= 4 is 42.2 Å². The highest BCUT2D eigenvalue weighted by Crippen LogP contribution is 2.24. The van der Waals surface area contributed by atoms with Crippen LogP contribution in [0.5, 0.6) is 0 Å². The maximum Gasteiger partial charge on any atom is 0.226 e. The molecule has 1 aromatic heterocycles. The average molecular weight is 363 g/mol. The molecule has 2 aliphatic rings. The zero-order valence-corrected chi connectivity index (χ0v) is 14.6. The molecule has 1 atom stereocenters. The molecule has 0 aliphatic carbocycles. The molecular weight excluding hydrogens is 339 g/mol. The van der Waals surface area contributed by atoms with Gasteiger partial charge in [0.15, 0.2) is 5.82 Å². The number of morpholine rings is 1. The van der Waals surface area contributed by atoms with E-state index in [4.69, 9.17) is 4.74 Å². The molecule has 0 spiro atoms. The normalized spacial score (nSPS) is 20.3. The third kappa shape index (κ3) is 5.49. The van der Waals surface area contributed by atoms with Crippen molar-refractivity contribution in [3.63, 3.8) is 0 Å². The third-order valence-corrected chi connectivity index (χ3v) is 3.97. The van der Waals surface area contributed by atoms with Gasteiger partial charge in [-0.2, -0.15) is 0 Å². The minimum atomic E-state index is 0. The Balaban J connectivity index is 0.00000132. The molecule has 3 rings (SSSR count). The number of nitrogens with zero attached hydrogens (tertiary/aromatic N) is 2. The minimum Gasteiger partial charge on any atom is -0.378 e. The molecule has 2 saturated heterocycles. The Bertz CT molecular complexity index is 492. The number of aromatic nitrogens is 1. The van der Waals surface area contributed by atoms with Gasteiger partial charge in [0.1, 0.15) is 0 Å². The highest BCUT2D eigenvalue weighted by molar-refractivity contribution is 5.94. The van der Waals surface area contributed by atoms with Crippen molar-refractivity contribution in [3.05, 3.63) is 18.3 Å². The summed E-state index contributed by atoms with van der Waals surface area (Å²) >= 11 is 0. The van der Waals surface area contributed by atoms with E-state index >= 15 is 0 Å². The van der Waals surface area contributed by atoms with E-state index in [-0.39, 0.29) is 30.7 Å². The van der Waals surface area contributed by atoms with Gasteiger partial charge >= 0.3 is 0 Å². The first kappa shape index (κ1) is 20.0. The van der Waals surface area contributed by atoms with Crippen LogP contribution in [0.4, 0.5) is 11.5 Å². The van der Waals surface area contributed by atoms with Gasteiger partial charge in [-0.3, -0.25) is 4.79 Å². The Morgan fingerprint density at radius 3 is 2.87 bits per heavy atom. The van der Waals surface area contributed by atoms with Crippen molar-refractivity contribution in [3.8, 4) is 0 Å². The zero-order chi connectivity index (χ0) is 14.5. The van der Waals surface area contributed by atoms with Crippen LogP contribution in [0, 0.1) is 0 Å². The van der Waals surface area contributed by atoms with Crippen LogP contribution in [-0.2, 0) is 9.53 Å². The van der Waals surface area contributed by atoms with Gasteiger partial charge in [0, 0.05) is 31.7 Å². The zero-order valence-electron chi connectivity index (χ0n) is 13.0. The summed E-state index contributed by atoms with van der Waals surface area (Å²) in [4.78, 5) is 18.8. The van der Waals surface area contributed by atoms with Crippen LogP contribution >= 0.6 is 24.8 Å². The summed E-state index contributed by atoms with van der Waals surface area (Å²) in [7, 11) is 0. The summed E-state index contributed by atoms with van der Waals surface area (Å²) in [5.74, 6) is 0.894. The van der Waals surface area contributed by atoms with E-state index in [2.05, 4.69) is 20.5 Å². The average Bonchev–Trinajstić information content (AvgIpc) is 3.01. The number of ether oxygens (including phenoxy) is 1. The molecule has 0 saturated carbocycles. The number of carbonyl (C=O) groups is 1. The number of hydrogen-bond acceptors (Lipinski definition) is 5. The Morgan fingerprint density at radius 2 is 2.17 bits per heavy atom. The molecular formula is C15H24Cl2N4O2. The molecule has 1 unspecified atom stereocenters. The fourth-order valence-electron chi connectivity index (χ4n) is 2.88. The molecule has 130 valence electrons. The molecule has 6 nitrogen and oxygen atoms in total. The Morgan fingerprint density at radius 1 is 1.39 bits per heavy atom. The van der Waals surface area contributed by atoms with Crippen LogP contribution in [0.2, 0.25) is 0 Å². The third-order valence-electron chi connectivity index (χ3n) is 3.97. The molecule has 0 bridgehead atoms. The lowest BCUT2D eigenvalue weighted by atomic mass is 10.1. The van der Waals surface area contributed by atoms with Crippen LogP contribution in [0.3, 0.4) is 0 Å². The van der Waals surface area contributed by atoms with E-state index in [1.54, 1.807) is 6.20 Å². The van der Waals surface area contributed by atoms with E-state index in [0.29, 0.717) is 25.7 Å². The van der Waals surface area contributed by atoms with E-state index in [0.717, 1.165) is 44.0 Å². The second-order valence-corrected chi connectivity index (χ2v) is 5.52. The number of hydrogen-bond donors (Lipinski definition) is 2. The van der Waals surface area contributed by atoms with Crippen molar-refractivity contribution in [2.45, 2.75) is 25.3 Å². The maximum absolute atomic E-state index is 12.2. The lowest BCUT2D eigenvalue weighted by molar-refractivity contribution is -0.116. The fraction of sp³-hybridized carbons (Fsp3) is 0.600. The molecule has 1 amide bonds. The van der Waals surface area contributed by atoms with E-state index in [1.165, 1.54) is 0 Å². The number of amides is 1. The molecule has 2 N–H and O–H groups in total. The van der Waals surface area contributed by atoms with Gasteiger partial charge in [-0.15, -0.1) is 24.8 Å². The van der Waals surface area contributed by atoms with E-state index < -0.39 is 0 Å². The molecule has 23 heavy (non-hydrogen) atoms. The van der Waals surface area contributed by atoms with Gasteiger partial charge in [-0.25, -0.2) is 4.98 Å². The first-order valence-electron chi connectivity index (χ1n) is 7.64. The summed E-state index contributed by atoms with van der Waals surface area (Å²) in [6.07, 6.45) is 4.52. The molecule has 2 fully saturated rings. The van der Waals surface area contributed by atoms with E-state index in [1.807, 2.05) is 12.1 Å². The standard InChI is InChI=1S/C15H22N4O2.2ClH/c20-14(11-12-3-1-5-16-12)18-13-4-2-6-17-15(13)19-7-9-21-10-8-19;;/h2,4,6,12,16H,1,3,5,7-11H2,(H,18,20);2*1H. The molecule has 2 aliphatic heterocycles. The topological polar surface area (TPSA) is 66.5 Å². The van der Waals surface area contributed by atoms with Crippen LogP contribution in [0.1, 0.15) is 19.3 Å². The smallest absolute Gasteiger partial charge is 0.226 e. The number of carbonyl (C=O) groups excluding carboxylic acids is 1. The predicted octanol–water partition coefficient (Wildman–Crippen LogP) is 1.84. The highest BCUT2D eigenvalue weighted by Gasteiger charge is 2.20. The summed E-state index contributed by atoms with van der Waals surface area (Å²) in [6.45, 7) is 4.05. The summed E-state index contributed by atoms with van der Waals surface area (Å²) in [6, 6.07) is 4.08. The summed E-state index contributed by atoms with van der Waals surface area (Å²) < 4.78 is 5.37. The highest BCUT2D eigenvalue weighted by atomic mass is 35.5. The molecule has 0 radical (unpaired) electrons. The SMILES string of the molecule is Cl.Cl.O=C(CC1CCCN1)Nc1cccnc1N1CCOCC1. The lowest BCUT2D eigenvalue weighted by Gasteiger charge is -2.29. The predicted molar refractivity (Wildman–Crippen MR) is 96.0 cm³/mol. The fourth-order valence-corrected chi connectivity index (χ4v) is 2.88. The number of halogens is 2. The van der Waals surface area contributed by atoms with Crippen LogP contribution < -0.4 is 15.5 Å². The minimum absolute atomic E-state index is 0. The van der Waals surface area contributed by atoms with Gasteiger partial charge in [0.2, 0.25) is 5.91 Å². The maximum atomic E-state index is 12.2. The number of nitrogens with one attached hydrogen (secondary N) is 2. The van der Waals surface area contributed by atoms with Crippen molar-refractivity contribution in [2.75, 3.05) is 43.1 Å². The van der Waals surface area contributed by atoms with Crippen molar-refractivity contribution in [1.29, 1.82) is 0 Å². The second kappa shape index (κ2) is 9.93. The largest absolute Gasteiger partial charge is 0.378 e. The van der Waals surface area contributed by atoms with Gasteiger partial charge in [-0.05, 0) is 31.5 Å². The summed E-state index contributed by atoms with van der Waals surface area (Å²) in [5, 5.41) is 6.36. The molecule has 8 heteroatoms. The van der Waals surface area contributed by atoms with Crippen LogP contribution in [0.15, 0.2) is 18.3 Å². The molecule has 3 heterocycles. The number of pyridine rings is 1. The first-order chi connectivity index (χ1) is 10.3. The van der Waals surface area contributed by atoms with Gasteiger partial charge < -0.3 is 20.3 Å². The Labute approximate surface area is 149 Å². The van der Waals surface area contributed by atoms with Crippen LogP contribution in [-0.4, -0.2) is 49.8 Å². The van der Waals surface area contributed by atoms with Crippen molar-refractivity contribution in [2.24, 2.45) is 0 Å². The molecule has 1 aromatic rings. The summed E-state index contributed by atoms with van der Waals surface area (Å²) in [5.41, 5.74) is 0.794.